The van der Waals surface area contributed by atoms with E-state index in [9.17, 15) is 4.79 Å². The Kier molecular flexibility index (Phi) is 6.94. The number of nitrogens with two attached hydrogens (primary N) is 1. The molecule has 10 heteroatoms. The molecule has 1 aliphatic heterocycles. The van der Waals surface area contributed by atoms with Gasteiger partial charge in [-0.15, -0.1) is 5.10 Å². The SMILES string of the molecule is COc1ccc(C(=O)n2nc(Nc3ccc(OCCN4CCCC4)cc3)nc2N)cc1OC. The lowest BCUT2D eigenvalue weighted by Crippen LogP contribution is -2.25. The first kappa shape index (κ1) is 22.4. The zero-order chi connectivity index (χ0) is 23.2. The average Bonchev–Trinajstić information content (AvgIpc) is 3.48. The summed E-state index contributed by atoms with van der Waals surface area (Å²) in [4.78, 5) is 19.4. The van der Waals surface area contributed by atoms with Gasteiger partial charge in [0.2, 0.25) is 11.9 Å². The number of methoxy groups -OCH3 is 2. The van der Waals surface area contributed by atoms with E-state index >= 15 is 0 Å². The molecule has 1 aliphatic rings. The second-order valence-corrected chi connectivity index (χ2v) is 7.63. The van der Waals surface area contributed by atoms with Gasteiger partial charge >= 0.3 is 0 Å². The second kappa shape index (κ2) is 10.2. The second-order valence-electron chi connectivity index (χ2n) is 7.63. The summed E-state index contributed by atoms with van der Waals surface area (Å²) in [5.41, 5.74) is 7.03. The highest BCUT2D eigenvalue weighted by molar-refractivity contribution is 5.97. The van der Waals surface area contributed by atoms with Gasteiger partial charge in [-0.2, -0.15) is 9.67 Å². The highest BCUT2D eigenvalue weighted by Gasteiger charge is 2.18. The number of hydrogen-bond donors (Lipinski definition) is 2. The number of carbonyl (C=O) groups excluding carboxylic acids is 1. The molecular weight excluding hydrogens is 424 g/mol. The Morgan fingerprint density at radius 3 is 2.48 bits per heavy atom. The minimum absolute atomic E-state index is 0.0286. The maximum Gasteiger partial charge on any atom is 0.281 e. The Balaban J connectivity index is 1.38. The van der Waals surface area contributed by atoms with Crippen LogP contribution in [0.1, 0.15) is 23.2 Å². The van der Waals surface area contributed by atoms with Crippen LogP contribution in [-0.2, 0) is 0 Å². The van der Waals surface area contributed by atoms with Gasteiger partial charge in [0.05, 0.1) is 14.2 Å². The van der Waals surface area contributed by atoms with Gasteiger partial charge in [0, 0.05) is 17.8 Å². The Morgan fingerprint density at radius 1 is 1.06 bits per heavy atom. The summed E-state index contributed by atoms with van der Waals surface area (Å²) in [5.74, 6) is 1.50. The van der Waals surface area contributed by atoms with Crippen molar-refractivity contribution in [2.24, 2.45) is 0 Å². The van der Waals surface area contributed by atoms with Crippen LogP contribution in [0.15, 0.2) is 42.5 Å². The lowest BCUT2D eigenvalue weighted by molar-refractivity contribution is 0.0947. The van der Waals surface area contributed by atoms with Crippen molar-refractivity contribution >= 4 is 23.5 Å². The third-order valence-electron chi connectivity index (χ3n) is 5.44. The molecule has 0 spiro atoms. The van der Waals surface area contributed by atoms with Gasteiger partial charge in [0.1, 0.15) is 12.4 Å². The first-order chi connectivity index (χ1) is 16.1. The fourth-order valence-corrected chi connectivity index (χ4v) is 3.68. The number of nitrogens with zero attached hydrogens (tertiary/aromatic N) is 4. The molecule has 0 bridgehead atoms. The average molecular weight is 453 g/mol. The Morgan fingerprint density at radius 2 is 1.79 bits per heavy atom. The zero-order valence-electron chi connectivity index (χ0n) is 18.8. The van der Waals surface area contributed by atoms with Crippen LogP contribution in [0.5, 0.6) is 17.2 Å². The van der Waals surface area contributed by atoms with Gasteiger partial charge < -0.3 is 25.3 Å². The normalized spacial score (nSPS) is 13.6. The first-order valence-electron chi connectivity index (χ1n) is 10.8. The number of likely N-dealkylation sites (tertiary alicyclic amines) is 1. The zero-order valence-corrected chi connectivity index (χ0v) is 18.8. The van der Waals surface area contributed by atoms with Gasteiger partial charge in [0.15, 0.2) is 11.5 Å². The molecule has 4 rings (SSSR count). The number of anilines is 3. The van der Waals surface area contributed by atoms with Gasteiger partial charge in [-0.05, 0) is 68.4 Å². The summed E-state index contributed by atoms with van der Waals surface area (Å²) in [6, 6.07) is 12.3. The Bertz CT molecular complexity index is 1090. The molecule has 10 nitrogen and oxygen atoms in total. The van der Waals surface area contributed by atoms with Crippen molar-refractivity contribution in [3.05, 3.63) is 48.0 Å². The van der Waals surface area contributed by atoms with E-state index in [0.29, 0.717) is 23.7 Å². The molecule has 1 fully saturated rings. The minimum atomic E-state index is -0.434. The number of ether oxygens (including phenoxy) is 3. The fraction of sp³-hybridized carbons (Fsp3) is 0.348. The molecule has 0 aliphatic carbocycles. The summed E-state index contributed by atoms with van der Waals surface area (Å²) in [6.45, 7) is 3.91. The van der Waals surface area contributed by atoms with Crippen molar-refractivity contribution in [1.82, 2.24) is 19.7 Å². The topological polar surface area (TPSA) is 117 Å². The number of nitrogen functional groups attached to an aromatic ring is 1. The molecule has 1 aromatic heterocycles. The predicted molar refractivity (Wildman–Crippen MR) is 125 cm³/mol. The monoisotopic (exact) mass is 452 g/mol. The molecule has 1 saturated heterocycles. The van der Waals surface area contributed by atoms with Crippen LogP contribution in [0.2, 0.25) is 0 Å². The number of carbonyl (C=O) groups is 1. The van der Waals surface area contributed by atoms with E-state index in [4.69, 9.17) is 19.9 Å². The molecule has 2 aromatic carbocycles. The minimum Gasteiger partial charge on any atom is -0.493 e. The summed E-state index contributed by atoms with van der Waals surface area (Å²) < 4.78 is 17.3. The summed E-state index contributed by atoms with van der Waals surface area (Å²) in [6.07, 6.45) is 2.54. The maximum atomic E-state index is 12.9. The third-order valence-corrected chi connectivity index (χ3v) is 5.44. The van der Waals surface area contributed by atoms with Crippen molar-refractivity contribution < 1.29 is 19.0 Å². The largest absolute Gasteiger partial charge is 0.493 e. The number of nitrogens with one attached hydrogen (secondary N) is 1. The molecule has 0 unspecified atom stereocenters. The van der Waals surface area contributed by atoms with Gasteiger partial charge in [-0.3, -0.25) is 9.69 Å². The van der Waals surface area contributed by atoms with Gasteiger partial charge in [-0.25, -0.2) is 0 Å². The van der Waals surface area contributed by atoms with Crippen molar-refractivity contribution in [3.63, 3.8) is 0 Å². The van der Waals surface area contributed by atoms with E-state index < -0.39 is 5.91 Å². The van der Waals surface area contributed by atoms with Crippen LogP contribution < -0.4 is 25.3 Å². The van der Waals surface area contributed by atoms with Crippen molar-refractivity contribution in [3.8, 4) is 17.2 Å². The van der Waals surface area contributed by atoms with E-state index in [-0.39, 0.29) is 11.9 Å². The van der Waals surface area contributed by atoms with Crippen LogP contribution in [0.4, 0.5) is 17.6 Å². The van der Waals surface area contributed by atoms with Crippen LogP contribution in [-0.4, -0.2) is 66.0 Å². The van der Waals surface area contributed by atoms with Crippen LogP contribution in [0.3, 0.4) is 0 Å². The van der Waals surface area contributed by atoms with E-state index in [1.165, 1.54) is 27.1 Å². The van der Waals surface area contributed by atoms with Crippen molar-refractivity contribution in [2.75, 3.05) is 51.5 Å². The highest BCUT2D eigenvalue weighted by atomic mass is 16.5. The molecule has 0 saturated carbocycles. The Labute approximate surface area is 192 Å². The first-order valence-corrected chi connectivity index (χ1v) is 10.8. The number of aromatic nitrogens is 3. The predicted octanol–water partition coefficient (Wildman–Crippen LogP) is 2.78. The van der Waals surface area contributed by atoms with Crippen molar-refractivity contribution in [1.29, 1.82) is 0 Å². The summed E-state index contributed by atoms with van der Waals surface area (Å²) in [5, 5.41) is 7.26. The van der Waals surface area contributed by atoms with Crippen LogP contribution in [0.25, 0.3) is 0 Å². The fourth-order valence-electron chi connectivity index (χ4n) is 3.68. The van der Waals surface area contributed by atoms with Gasteiger partial charge in [0.25, 0.3) is 5.91 Å². The highest BCUT2D eigenvalue weighted by Crippen LogP contribution is 2.28. The third kappa shape index (κ3) is 5.35. The lowest BCUT2D eigenvalue weighted by Gasteiger charge is -2.15. The number of hydrogen-bond acceptors (Lipinski definition) is 9. The van der Waals surface area contributed by atoms with E-state index in [1.54, 1.807) is 18.2 Å². The van der Waals surface area contributed by atoms with E-state index in [2.05, 4.69) is 20.3 Å². The maximum absolute atomic E-state index is 12.9. The number of benzene rings is 2. The molecule has 0 amide bonds. The van der Waals surface area contributed by atoms with Gasteiger partial charge in [-0.1, -0.05) is 0 Å². The van der Waals surface area contributed by atoms with Crippen molar-refractivity contribution in [2.45, 2.75) is 12.8 Å². The van der Waals surface area contributed by atoms with Crippen LogP contribution in [0, 0.1) is 0 Å². The molecule has 33 heavy (non-hydrogen) atoms. The van der Waals surface area contributed by atoms with Crippen LogP contribution >= 0.6 is 0 Å². The molecule has 3 N–H and O–H groups in total. The summed E-state index contributed by atoms with van der Waals surface area (Å²) in [7, 11) is 3.03. The quantitative estimate of drug-likeness (QED) is 0.505. The number of rotatable bonds is 9. The molecule has 2 heterocycles. The summed E-state index contributed by atoms with van der Waals surface area (Å²) >= 11 is 0. The molecule has 174 valence electrons. The standard InChI is InChI=1S/C23H28N6O4/c1-31-19-10-5-16(15-20(19)32-2)21(30)29-22(24)26-23(27-29)25-17-6-8-18(9-7-17)33-14-13-28-11-3-4-12-28/h5-10,15H,3-4,11-14H2,1-2H3,(H3,24,25,26,27). The Hall–Kier alpha value is -3.79. The molecule has 3 aromatic rings. The van der Waals surface area contributed by atoms with E-state index in [0.717, 1.165) is 35.8 Å². The van der Waals surface area contributed by atoms with E-state index in [1.807, 2.05) is 24.3 Å². The molecular formula is C23H28N6O4. The molecule has 0 radical (unpaired) electrons. The molecule has 0 atom stereocenters. The smallest absolute Gasteiger partial charge is 0.281 e. The lowest BCUT2D eigenvalue weighted by atomic mass is 10.2.